The molecule has 16 heavy (non-hydrogen) atoms. The molecule has 0 aromatic carbocycles. The summed E-state index contributed by atoms with van der Waals surface area (Å²) in [5.74, 6) is 2.02. The maximum absolute atomic E-state index is 9.07. The Hall–Kier alpha value is -1.09. The molecule has 2 atom stereocenters. The van der Waals surface area contributed by atoms with E-state index in [0.717, 1.165) is 23.3 Å². The smallest absolute Gasteiger partial charge is 0.131 e. The van der Waals surface area contributed by atoms with Crippen LogP contribution in [0.25, 0.3) is 0 Å². The van der Waals surface area contributed by atoms with E-state index in [4.69, 9.17) is 5.11 Å². The second kappa shape index (κ2) is 3.74. The van der Waals surface area contributed by atoms with Gasteiger partial charge in [0, 0.05) is 18.8 Å². The van der Waals surface area contributed by atoms with Crippen LogP contribution in [0.5, 0.6) is 0 Å². The average Bonchev–Trinajstić information content (AvgIpc) is 2.90. The van der Waals surface area contributed by atoms with Crippen LogP contribution in [-0.2, 0) is 6.61 Å². The molecular weight excluding hydrogens is 200 g/mol. The largest absolute Gasteiger partial charge is 0.392 e. The Bertz CT molecular complexity index is 405. The van der Waals surface area contributed by atoms with Crippen LogP contribution in [0.2, 0.25) is 0 Å². The van der Waals surface area contributed by atoms with Crippen molar-refractivity contribution < 1.29 is 5.11 Å². The standard InChI is InChI=1S/C13H18N2O/c1-9-4-11(8-16)6-14-13(9)15-7-10-2-3-12(15)5-10/h4,6,10,12,16H,2-3,5,7-8H2,1H3. The molecule has 1 aliphatic carbocycles. The van der Waals surface area contributed by atoms with E-state index in [9.17, 15) is 0 Å². The molecule has 1 saturated carbocycles. The lowest BCUT2D eigenvalue weighted by Gasteiger charge is -2.29. The van der Waals surface area contributed by atoms with Crippen molar-refractivity contribution in [2.75, 3.05) is 11.4 Å². The molecule has 3 nitrogen and oxygen atoms in total. The number of anilines is 1. The normalized spacial score (nSPS) is 27.8. The van der Waals surface area contributed by atoms with Crippen LogP contribution in [0.3, 0.4) is 0 Å². The van der Waals surface area contributed by atoms with Crippen molar-refractivity contribution in [3.8, 4) is 0 Å². The van der Waals surface area contributed by atoms with E-state index in [-0.39, 0.29) is 6.61 Å². The highest BCUT2D eigenvalue weighted by Gasteiger charge is 2.38. The summed E-state index contributed by atoms with van der Waals surface area (Å²) in [5, 5.41) is 9.07. The molecule has 3 heteroatoms. The number of nitrogens with zero attached hydrogens (tertiary/aromatic N) is 2. The van der Waals surface area contributed by atoms with Gasteiger partial charge in [0.2, 0.25) is 0 Å². The molecule has 2 bridgehead atoms. The van der Waals surface area contributed by atoms with Gasteiger partial charge in [-0.05, 0) is 49.3 Å². The SMILES string of the molecule is Cc1cc(CO)cnc1N1CC2CCC1C2. The summed E-state index contributed by atoms with van der Waals surface area (Å²) in [4.78, 5) is 6.98. The number of aliphatic hydroxyl groups is 1. The first-order valence-electron chi connectivity index (χ1n) is 6.11. The Labute approximate surface area is 96.1 Å². The van der Waals surface area contributed by atoms with Gasteiger partial charge in [-0.2, -0.15) is 0 Å². The van der Waals surface area contributed by atoms with Crippen LogP contribution >= 0.6 is 0 Å². The second-order valence-electron chi connectivity index (χ2n) is 5.13. The van der Waals surface area contributed by atoms with Gasteiger partial charge in [0.05, 0.1) is 6.61 Å². The number of pyridine rings is 1. The molecule has 2 heterocycles. The van der Waals surface area contributed by atoms with Gasteiger partial charge >= 0.3 is 0 Å². The lowest BCUT2D eigenvalue weighted by atomic mass is 10.1. The maximum atomic E-state index is 9.07. The number of aliphatic hydroxyl groups excluding tert-OH is 1. The Morgan fingerprint density at radius 2 is 2.38 bits per heavy atom. The minimum atomic E-state index is 0.0835. The molecule has 2 unspecified atom stereocenters. The Morgan fingerprint density at radius 3 is 2.94 bits per heavy atom. The van der Waals surface area contributed by atoms with Gasteiger partial charge in [-0.15, -0.1) is 0 Å². The maximum Gasteiger partial charge on any atom is 0.131 e. The molecule has 86 valence electrons. The Kier molecular flexibility index (Phi) is 2.36. The van der Waals surface area contributed by atoms with Gasteiger partial charge in [0.15, 0.2) is 0 Å². The topological polar surface area (TPSA) is 36.4 Å². The molecule has 2 aliphatic rings. The predicted octanol–water partition coefficient (Wildman–Crippen LogP) is 1.87. The number of piperidine rings is 1. The van der Waals surface area contributed by atoms with Crippen LogP contribution < -0.4 is 4.90 Å². The highest BCUT2D eigenvalue weighted by Crippen LogP contribution is 2.40. The fourth-order valence-corrected chi connectivity index (χ4v) is 3.20. The van der Waals surface area contributed by atoms with E-state index in [2.05, 4.69) is 16.8 Å². The van der Waals surface area contributed by atoms with Gasteiger partial charge in [-0.3, -0.25) is 0 Å². The fraction of sp³-hybridized carbons (Fsp3) is 0.615. The number of aromatic nitrogens is 1. The molecule has 2 fully saturated rings. The van der Waals surface area contributed by atoms with Crippen molar-refractivity contribution in [3.63, 3.8) is 0 Å². The van der Waals surface area contributed by atoms with Crippen LogP contribution in [0.4, 0.5) is 5.82 Å². The van der Waals surface area contributed by atoms with Crippen LogP contribution in [0.15, 0.2) is 12.3 Å². The molecule has 0 amide bonds. The Balaban J connectivity index is 1.89. The third-order valence-corrected chi connectivity index (χ3v) is 3.97. The third kappa shape index (κ3) is 1.50. The van der Waals surface area contributed by atoms with Crippen molar-refractivity contribution in [3.05, 3.63) is 23.4 Å². The first kappa shape index (κ1) is 10.1. The summed E-state index contributed by atoms with van der Waals surface area (Å²) >= 11 is 0. The van der Waals surface area contributed by atoms with Gasteiger partial charge in [-0.25, -0.2) is 4.98 Å². The Morgan fingerprint density at radius 1 is 1.50 bits per heavy atom. The third-order valence-electron chi connectivity index (χ3n) is 3.97. The monoisotopic (exact) mass is 218 g/mol. The molecule has 1 aliphatic heterocycles. The fourth-order valence-electron chi connectivity index (χ4n) is 3.20. The number of rotatable bonds is 2. The van der Waals surface area contributed by atoms with Gasteiger partial charge < -0.3 is 10.0 Å². The van der Waals surface area contributed by atoms with E-state index < -0.39 is 0 Å². The zero-order valence-electron chi connectivity index (χ0n) is 9.69. The number of hydrogen-bond acceptors (Lipinski definition) is 3. The lowest BCUT2D eigenvalue weighted by molar-refractivity contribution is 0.281. The quantitative estimate of drug-likeness (QED) is 0.823. The summed E-state index contributed by atoms with van der Waals surface area (Å²) in [6, 6.07) is 2.77. The minimum Gasteiger partial charge on any atom is -0.392 e. The highest BCUT2D eigenvalue weighted by molar-refractivity contribution is 5.50. The van der Waals surface area contributed by atoms with Crippen LogP contribution in [0, 0.1) is 12.8 Å². The summed E-state index contributed by atoms with van der Waals surface area (Å²) in [6.07, 6.45) is 5.87. The number of hydrogen-bond donors (Lipinski definition) is 1. The van der Waals surface area contributed by atoms with Gasteiger partial charge in [-0.1, -0.05) is 0 Å². The average molecular weight is 218 g/mol. The van der Waals surface area contributed by atoms with E-state index in [1.807, 2.05) is 6.07 Å². The van der Waals surface area contributed by atoms with Crippen molar-refractivity contribution in [2.24, 2.45) is 5.92 Å². The number of aryl methyl sites for hydroxylation is 1. The van der Waals surface area contributed by atoms with Crippen LogP contribution in [0.1, 0.15) is 30.4 Å². The van der Waals surface area contributed by atoms with Gasteiger partial charge in [0.1, 0.15) is 5.82 Å². The predicted molar refractivity (Wildman–Crippen MR) is 63.4 cm³/mol. The van der Waals surface area contributed by atoms with Crippen molar-refractivity contribution in [1.82, 2.24) is 4.98 Å². The molecular formula is C13H18N2O. The summed E-state index contributed by atoms with van der Waals surface area (Å²) in [5.41, 5.74) is 2.10. The minimum absolute atomic E-state index is 0.0835. The van der Waals surface area contributed by atoms with Crippen molar-refractivity contribution >= 4 is 5.82 Å². The number of fused-ring (bicyclic) bond motifs is 2. The molecule has 0 spiro atoms. The molecule has 1 aromatic rings. The summed E-state index contributed by atoms with van der Waals surface area (Å²) < 4.78 is 0. The first-order valence-corrected chi connectivity index (χ1v) is 6.11. The molecule has 1 N–H and O–H groups in total. The molecule has 3 rings (SSSR count). The molecule has 0 radical (unpaired) electrons. The van der Waals surface area contributed by atoms with Crippen molar-refractivity contribution in [2.45, 2.75) is 38.8 Å². The molecule has 1 saturated heterocycles. The zero-order valence-corrected chi connectivity index (χ0v) is 9.69. The van der Waals surface area contributed by atoms with Crippen molar-refractivity contribution in [1.29, 1.82) is 0 Å². The van der Waals surface area contributed by atoms with Crippen LogP contribution in [-0.4, -0.2) is 22.7 Å². The van der Waals surface area contributed by atoms with E-state index in [0.29, 0.717) is 0 Å². The lowest BCUT2D eigenvalue weighted by Crippen LogP contribution is -2.33. The highest BCUT2D eigenvalue weighted by atomic mass is 16.3. The molecule has 1 aromatic heterocycles. The van der Waals surface area contributed by atoms with Gasteiger partial charge in [0.25, 0.3) is 0 Å². The first-order chi connectivity index (χ1) is 7.78. The van der Waals surface area contributed by atoms with E-state index >= 15 is 0 Å². The second-order valence-corrected chi connectivity index (χ2v) is 5.13. The van der Waals surface area contributed by atoms with E-state index in [1.165, 1.54) is 31.4 Å². The zero-order chi connectivity index (χ0) is 11.1. The summed E-state index contributed by atoms with van der Waals surface area (Å²) in [7, 11) is 0. The summed E-state index contributed by atoms with van der Waals surface area (Å²) in [6.45, 7) is 3.35. The van der Waals surface area contributed by atoms with E-state index in [1.54, 1.807) is 6.20 Å².